The van der Waals surface area contributed by atoms with Gasteiger partial charge in [0.2, 0.25) is 17.7 Å². The number of hydrogen-bond donors (Lipinski definition) is 12. The Bertz CT molecular complexity index is 2110. The predicted octanol–water partition coefficient (Wildman–Crippen LogP) is -3.58. The summed E-state index contributed by atoms with van der Waals surface area (Å²) >= 11 is 0. The van der Waals surface area contributed by atoms with Crippen molar-refractivity contribution in [1.82, 2.24) is 14.7 Å². The third-order valence-corrected chi connectivity index (χ3v) is 18.0. The molecule has 476 valence electrons. The lowest BCUT2D eigenvalue weighted by molar-refractivity contribution is -0.282. The summed E-state index contributed by atoms with van der Waals surface area (Å²) in [5.41, 5.74) is 0. The molecule has 6 saturated heterocycles. The number of rotatable bonds is 30. The molecule has 0 aliphatic carbocycles. The molecule has 6 rings (SSSR count). The molecule has 82 heavy (non-hydrogen) atoms. The minimum atomic E-state index is -5.00. The van der Waals surface area contributed by atoms with E-state index in [4.69, 9.17) is 51.3 Å². The van der Waals surface area contributed by atoms with Crippen LogP contribution in [0.3, 0.4) is 0 Å². The molecule has 0 bridgehead atoms. The predicted molar refractivity (Wildman–Crippen MR) is 276 cm³/mol. The standard InChI is InChI=1S/C49H87N3O28P2/c1-26-41(60)44(63)35(20-53)76-47(26)71-11-5-8-38(57)50-17-32(56)14-29(50)24-74-81(66,67)80-34-16-31(52(19-34)40(59)10-7-13-73-49-28(3)43(62)46(65)37(22-55)78-49)25-75-82(68,69)79-33-15-30(23-70-4)51(18-33)39(58)9-6-12-72-48-27(2)42(61)45(64)36(21-54)77-48/h26-37,41-49,53-56,60-65H,5-25H2,1-4H3,(H,66,67)(H,68,69)/t26?,27?,28?,29-,30-,31-,32+,33+,34+,35?,36?,37?,41+,42+,43+,44-,45-,46-,47+,48+,49+/m0/s1. The maximum Gasteiger partial charge on any atom is 0.472 e. The van der Waals surface area contributed by atoms with Crippen molar-refractivity contribution in [3.63, 3.8) is 0 Å². The Balaban J connectivity index is 1.02. The summed E-state index contributed by atoms with van der Waals surface area (Å²) in [6, 6.07) is -2.48. The van der Waals surface area contributed by atoms with Gasteiger partial charge in [0.15, 0.2) is 18.9 Å². The normalized spacial score (nSPS) is 38.7. The van der Waals surface area contributed by atoms with Gasteiger partial charge in [-0.3, -0.25) is 32.5 Å². The fourth-order valence-electron chi connectivity index (χ4n) is 11.1. The van der Waals surface area contributed by atoms with E-state index < -0.39 is 188 Å². The van der Waals surface area contributed by atoms with Crippen LogP contribution in [0.1, 0.15) is 78.6 Å². The molecule has 0 radical (unpaired) electrons. The second-order valence-electron chi connectivity index (χ2n) is 22.0. The summed E-state index contributed by atoms with van der Waals surface area (Å²) in [5, 5.41) is 101. The largest absolute Gasteiger partial charge is 0.472 e. The lowest BCUT2D eigenvalue weighted by Gasteiger charge is -2.40. The zero-order valence-electron chi connectivity index (χ0n) is 46.6. The van der Waals surface area contributed by atoms with Gasteiger partial charge in [-0.2, -0.15) is 0 Å². The number of ether oxygens (including phenoxy) is 7. The summed E-state index contributed by atoms with van der Waals surface area (Å²) in [7, 11) is -8.55. The second-order valence-corrected chi connectivity index (χ2v) is 24.8. The first-order valence-electron chi connectivity index (χ1n) is 27.9. The summed E-state index contributed by atoms with van der Waals surface area (Å²) in [5.74, 6) is -3.33. The van der Waals surface area contributed by atoms with Gasteiger partial charge in [-0.15, -0.1) is 0 Å². The van der Waals surface area contributed by atoms with Gasteiger partial charge in [0.25, 0.3) is 0 Å². The zero-order valence-corrected chi connectivity index (χ0v) is 48.4. The van der Waals surface area contributed by atoms with Crippen LogP contribution in [0.15, 0.2) is 0 Å². The Labute approximate surface area is 475 Å². The molecule has 0 spiro atoms. The highest BCUT2D eigenvalue weighted by Gasteiger charge is 2.47. The first kappa shape index (κ1) is 69.1. The van der Waals surface area contributed by atoms with E-state index in [1.165, 1.54) is 21.8 Å². The van der Waals surface area contributed by atoms with E-state index >= 15 is 0 Å². The Kier molecular flexibility index (Phi) is 26.7. The molecule has 12 N–H and O–H groups in total. The minimum absolute atomic E-state index is 0.00525. The molecule has 31 nitrogen and oxygen atoms in total. The number of aliphatic hydroxyl groups excluding tert-OH is 10. The Hall–Kier alpha value is -2.05. The number of carbonyl (C=O) groups is 3. The third kappa shape index (κ3) is 18.5. The SMILES string of the molecule is COC[C@@H]1C[C@@H](OP(=O)(O)OC[C@@H]2C[C@@H](OP(=O)(O)OC[C@@H]3C[C@@H](O)CN3C(=O)CCCO[C@@H]3OC(CO)[C@H](O)[C@H](O)C3C)CN2C(=O)CCCO[C@@H]2OC(CO)[C@H](O)[C@H](O)C2C)CN1C(=O)CCCO[C@@H]1OC(CO)[C@H](O)[C@H](O)C1C. The van der Waals surface area contributed by atoms with Crippen molar-refractivity contribution in [2.75, 3.05) is 86.2 Å². The second kappa shape index (κ2) is 31.7. The van der Waals surface area contributed by atoms with Crippen LogP contribution in [0.25, 0.3) is 0 Å². The van der Waals surface area contributed by atoms with E-state index in [0.717, 1.165) is 0 Å². The molecule has 0 saturated carbocycles. The van der Waals surface area contributed by atoms with E-state index in [-0.39, 0.29) is 110 Å². The number of methoxy groups -OCH3 is 1. The smallest absolute Gasteiger partial charge is 0.394 e. The number of β-amino-alcohol motifs (C(OH)–C–C–N with tert-alkyl or cyclic N) is 1. The van der Waals surface area contributed by atoms with Crippen LogP contribution in [0.4, 0.5) is 0 Å². The van der Waals surface area contributed by atoms with Crippen LogP contribution < -0.4 is 0 Å². The van der Waals surface area contributed by atoms with Crippen molar-refractivity contribution in [2.24, 2.45) is 17.8 Å². The molecular weight excluding hydrogens is 1140 g/mol. The van der Waals surface area contributed by atoms with Gasteiger partial charge in [-0.1, -0.05) is 20.8 Å². The topological polar surface area (TPSA) is 439 Å². The first-order valence-corrected chi connectivity index (χ1v) is 30.9. The van der Waals surface area contributed by atoms with Crippen LogP contribution in [0.2, 0.25) is 0 Å². The number of nitrogens with zero attached hydrogens (tertiary/aromatic N) is 3. The van der Waals surface area contributed by atoms with Crippen molar-refractivity contribution in [1.29, 1.82) is 0 Å². The third-order valence-electron chi connectivity index (χ3n) is 15.9. The maximum atomic E-state index is 13.9. The maximum absolute atomic E-state index is 13.9. The monoisotopic (exact) mass is 1230 g/mol. The molecule has 3 amide bonds. The van der Waals surface area contributed by atoms with Gasteiger partial charge in [0, 0.05) is 63.8 Å². The molecule has 0 aromatic heterocycles. The van der Waals surface area contributed by atoms with Gasteiger partial charge in [-0.05, 0) is 38.5 Å². The number of aliphatic hydroxyl groups is 10. The Morgan fingerprint density at radius 1 is 0.488 bits per heavy atom. The van der Waals surface area contributed by atoms with Crippen LogP contribution >= 0.6 is 15.6 Å². The van der Waals surface area contributed by atoms with Gasteiger partial charge < -0.3 is 109 Å². The van der Waals surface area contributed by atoms with Gasteiger partial charge in [0.1, 0.15) is 36.6 Å². The lowest BCUT2D eigenvalue weighted by Crippen LogP contribution is -2.55. The number of likely N-dealkylation sites (tertiary alicyclic amines) is 3. The lowest BCUT2D eigenvalue weighted by atomic mass is 9.92. The molecule has 0 aromatic carbocycles. The number of carbonyl (C=O) groups excluding carboxylic acids is 3. The quantitative estimate of drug-likeness (QED) is 0.0244. The van der Waals surface area contributed by atoms with E-state index in [9.17, 15) is 84.4 Å². The van der Waals surface area contributed by atoms with E-state index in [1.54, 1.807) is 20.8 Å². The first-order chi connectivity index (χ1) is 38.8. The molecule has 6 fully saturated rings. The van der Waals surface area contributed by atoms with Gasteiger partial charge >= 0.3 is 15.6 Å². The van der Waals surface area contributed by atoms with E-state index in [0.29, 0.717) is 0 Å². The van der Waals surface area contributed by atoms with Crippen molar-refractivity contribution in [3.05, 3.63) is 0 Å². The van der Waals surface area contributed by atoms with Crippen molar-refractivity contribution in [3.8, 4) is 0 Å². The van der Waals surface area contributed by atoms with E-state index in [1.807, 2.05) is 0 Å². The molecule has 8 unspecified atom stereocenters. The van der Waals surface area contributed by atoms with Gasteiger partial charge in [0.05, 0.1) is 114 Å². The molecule has 6 aliphatic rings. The number of phosphoric ester groups is 2. The summed E-state index contributed by atoms with van der Waals surface area (Å²) < 4.78 is 88.4. The van der Waals surface area contributed by atoms with E-state index in [2.05, 4.69) is 0 Å². The minimum Gasteiger partial charge on any atom is -0.394 e. The fourth-order valence-corrected chi connectivity index (χ4v) is 13.0. The van der Waals surface area contributed by atoms with Crippen LogP contribution in [0.5, 0.6) is 0 Å². The van der Waals surface area contributed by atoms with Gasteiger partial charge in [-0.25, -0.2) is 9.13 Å². The van der Waals surface area contributed by atoms with Crippen molar-refractivity contribution >= 4 is 33.4 Å². The average Bonchev–Trinajstić information content (AvgIpc) is 4.26. The number of hydrogen-bond acceptors (Lipinski definition) is 26. The summed E-state index contributed by atoms with van der Waals surface area (Å²) in [6.45, 7) is 1.31. The highest BCUT2D eigenvalue weighted by molar-refractivity contribution is 7.47. The van der Waals surface area contributed by atoms with Crippen LogP contribution in [-0.2, 0) is 74.8 Å². The zero-order chi connectivity index (χ0) is 60.2. The Morgan fingerprint density at radius 2 is 0.805 bits per heavy atom. The van der Waals surface area contributed by atoms with Crippen molar-refractivity contribution in [2.45, 2.75) is 189 Å². The highest BCUT2D eigenvalue weighted by Crippen LogP contribution is 2.50. The Morgan fingerprint density at radius 3 is 1.13 bits per heavy atom. The molecule has 6 aliphatic heterocycles. The summed E-state index contributed by atoms with van der Waals surface area (Å²) in [4.78, 5) is 66.7. The van der Waals surface area contributed by atoms with Crippen LogP contribution in [0, 0.1) is 17.8 Å². The molecular formula is C49H87N3O28P2. The van der Waals surface area contributed by atoms with Crippen molar-refractivity contribution < 1.29 is 136 Å². The molecule has 0 aromatic rings. The molecule has 6 heterocycles. The van der Waals surface area contributed by atoms with Crippen LogP contribution in [-0.4, -0.2) is 290 Å². The molecule has 33 heteroatoms. The summed E-state index contributed by atoms with van der Waals surface area (Å²) in [6.07, 6.45) is -17.1. The average molecular weight is 1230 g/mol. The molecule has 23 atom stereocenters. The highest BCUT2D eigenvalue weighted by atomic mass is 31.2. The number of phosphoric acid groups is 2. The fraction of sp³-hybridized carbons (Fsp3) is 0.939. The number of amides is 3.